The van der Waals surface area contributed by atoms with E-state index in [2.05, 4.69) is 4.98 Å². The number of amides is 3. The number of carbonyl (C=O) groups excluding carboxylic acids is 3. The number of anilines is 1. The zero-order chi connectivity index (χ0) is 20.5. The van der Waals surface area contributed by atoms with Gasteiger partial charge in [0, 0.05) is 29.9 Å². The van der Waals surface area contributed by atoms with Gasteiger partial charge >= 0.3 is 6.09 Å². The van der Waals surface area contributed by atoms with E-state index in [1.165, 1.54) is 0 Å². The SMILES string of the molecule is Cc1cc(C)c(C=C2C(=O)N(C(=O)OCCN3CCCC3=O)c3ccccc32)[nH]1. The molecule has 1 saturated heterocycles. The number of hydrogen-bond acceptors (Lipinski definition) is 4. The summed E-state index contributed by atoms with van der Waals surface area (Å²) in [6, 6.07) is 9.17. The van der Waals surface area contributed by atoms with E-state index in [9.17, 15) is 14.4 Å². The molecule has 1 fully saturated rings. The summed E-state index contributed by atoms with van der Waals surface area (Å²) in [5.74, 6) is -0.342. The monoisotopic (exact) mass is 393 g/mol. The molecule has 7 nitrogen and oxygen atoms in total. The predicted molar refractivity (Wildman–Crippen MR) is 109 cm³/mol. The van der Waals surface area contributed by atoms with Crippen molar-refractivity contribution in [3.05, 3.63) is 52.8 Å². The molecular weight excluding hydrogens is 370 g/mol. The molecule has 29 heavy (non-hydrogen) atoms. The highest BCUT2D eigenvalue weighted by Gasteiger charge is 2.37. The fourth-order valence-corrected chi connectivity index (χ4v) is 3.85. The van der Waals surface area contributed by atoms with E-state index in [-0.39, 0.29) is 12.5 Å². The van der Waals surface area contributed by atoms with Gasteiger partial charge in [0.05, 0.1) is 17.8 Å². The quantitative estimate of drug-likeness (QED) is 0.808. The second kappa shape index (κ2) is 7.58. The molecule has 3 heterocycles. The van der Waals surface area contributed by atoms with E-state index in [4.69, 9.17) is 4.74 Å². The van der Waals surface area contributed by atoms with E-state index in [0.717, 1.165) is 28.3 Å². The van der Waals surface area contributed by atoms with Crippen molar-refractivity contribution >= 4 is 35.2 Å². The van der Waals surface area contributed by atoms with Gasteiger partial charge < -0.3 is 14.6 Å². The Morgan fingerprint density at radius 2 is 2.03 bits per heavy atom. The summed E-state index contributed by atoms with van der Waals surface area (Å²) in [7, 11) is 0. The van der Waals surface area contributed by atoms with Gasteiger partial charge in [-0.3, -0.25) is 9.59 Å². The number of imide groups is 1. The number of nitrogens with one attached hydrogen (secondary N) is 1. The molecular formula is C22H23N3O4. The minimum atomic E-state index is -0.725. The molecule has 4 rings (SSSR count). The van der Waals surface area contributed by atoms with E-state index >= 15 is 0 Å². The molecule has 0 bridgehead atoms. The summed E-state index contributed by atoms with van der Waals surface area (Å²) in [5.41, 5.74) is 4.50. The number of benzene rings is 1. The molecule has 1 aromatic heterocycles. The summed E-state index contributed by atoms with van der Waals surface area (Å²) in [5, 5.41) is 0. The van der Waals surface area contributed by atoms with Crippen molar-refractivity contribution in [2.75, 3.05) is 24.6 Å². The fraction of sp³-hybridized carbons (Fsp3) is 0.318. The van der Waals surface area contributed by atoms with Gasteiger partial charge in [-0.2, -0.15) is 0 Å². The van der Waals surface area contributed by atoms with Crippen LogP contribution in [0.15, 0.2) is 30.3 Å². The van der Waals surface area contributed by atoms with Gasteiger partial charge in [-0.25, -0.2) is 9.69 Å². The lowest BCUT2D eigenvalue weighted by atomic mass is 10.1. The Bertz CT molecular complexity index is 1020. The van der Waals surface area contributed by atoms with Crippen LogP contribution in [0, 0.1) is 13.8 Å². The number of nitrogens with zero attached hydrogens (tertiary/aromatic N) is 2. The predicted octanol–water partition coefficient (Wildman–Crippen LogP) is 3.28. The van der Waals surface area contributed by atoms with Crippen LogP contribution in [0.2, 0.25) is 0 Å². The zero-order valence-corrected chi connectivity index (χ0v) is 16.5. The van der Waals surface area contributed by atoms with Crippen LogP contribution in [0.1, 0.15) is 35.4 Å². The van der Waals surface area contributed by atoms with E-state index < -0.39 is 12.0 Å². The van der Waals surface area contributed by atoms with Gasteiger partial charge in [-0.05, 0) is 44.0 Å². The average molecular weight is 393 g/mol. The molecule has 2 aromatic rings. The lowest BCUT2D eigenvalue weighted by Crippen LogP contribution is -2.36. The van der Waals surface area contributed by atoms with Crippen molar-refractivity contribution in [1.82, 2.24) is 9.88 Å². The topological polar surface area (TPSA) is 82.7 Å². The van der Waals surface area contributed by atoms with E-state index in [0.29, 0.717) is 36.3 Å². The van der Waals surface area contributed by atoms with Crippen LogP contribution in [-0.2, 0) is 14.3 Å². The molecule has 1 aromatic carbocycles. The highest BCUT2D eigenvalue weighted by atomic mass is 16.6. The summed E-state index contributed by atoms with van der Waals surface area (Å²) in [6.45, 7) is 5.01. The molecule has 0 saturated carbocycles. The maximum Gasteiger partial charge on any atom is 0.421 e. The minimum absolute atomic E-state index is 0.0600. The maximum atomic E-state index is 13.1. The van der Waals surface area contributed by atoms with Gasteiger partial charge in [-0.1, -0.05) is 18.2 Å². The van der Waals surface area contributed by atoms with Crippen molar-refractivity contribution in [1.29, 1.82) is 0 Å². The second-order valence-corrected chi connectivity index (χ2v) is 7.36. The number of H-pyrrole nitrogens is 1. The number of aromatic nitrogens is 1. The Morgan fingerprint density at radius 1 is 1.24 bits per heavy atom. The molecule has 0 radical (unpaired) electrons. The molecule has 0 aliphatic carbocycles. The number of aromatic amines is 1. The van der Waals surface area contributed by atoms with Gasteiger partial charge in [0.25, 0.3) is 5.91 Å². The molecule has 0 unspecified atom stereocenters. The van der Waals surface area contributed by atoms with Gasteiger partial charge in [0.1, 0.15) is 6.61 Å². The normalized spacial score (nSPS) is 17.4. The molecule has 2 aliphatic heterocycles. The molecule has 2 aliphatic rings. The Hall–Kier alpha value is -3.35. The molecule has 150 valence electrons. The highest BCUT2D eigenvalue weighted by Crippen LogP contribution is 2.38. The summed E-state index contributed by atoms with van der Waals surface area (Å²) in [6.07, 6.45) is 2.42. The van der Waals surface area contributed by atoms with Gasteiger partial charge in [-0.15, -0.1) is 0 Å². The smallest absolute Gasteiger partial charge is 0.421 e. The van der Waals surface area contributed by atoms with Gasteiger partial charge in [0.15, 0.2) is 0 Å². The third-order valence-corrected chi connectivity index (χ3v) is 5.29. The van der Waals surface area contributed by atoms with Crippen LogP contribution in [-0.4, -0.2) is 47.5 Å². The summed E-state index contributed by atoms with van der Waals surface area (Å²) < 4.78 is 5.33. The lowest BCUT2D eigenvalue weighted by molar-refractivity contribution is -0.128. The number of likely N-dealkylation sites (tertiary alicyclic amines) is 1. The maximum absolute atomic E-state index is 13.1. The van der Waals surface area contributed by atoms with E-state index in [1.54, 1.807) is 23.1 Å². The molecule has 1 N–H and O–H groups in total. The Morgan fingerprint density at radius 3 is 2.72 bits per heavy atom. The minimum Gasteiger partial charge on any atom is -0.447 e. The number of hydrogen-bond donors (Lipinski definition) is 1. The summed E-state index contributed by atoms with van der Waals surface area (Å²) >= 11 is 0. The van der Waals surface area contributed by atoms with Crippen LogP contribution in [0.4, 0.5) is 10.5 Å². The van der Waals surface area contributed by atoms with Crippen LogP contribution in [0.5, 0.6) is 0 Å². The first-order chi connectivity index (χ1) is 14.0. The van der Waals surface area contributed by atoms with Crippen LogP contribution in [0.3, 0.4) is 0 Å². The summed E-state index contributed by atoms with van der Waals surface area (Å²) in [4.78, 5) is 43.4. The Balaban J connectivity index is 1.55. The lowest BCUT2D eigenvalue weighted by Gasteiger charge is -2.18. The Kier molecular flexibility index (Phi) is 4.96. The standard InChI is InChI=1S/C22H23N3O4/c1-14-12-15(2)23-18(14)13-17-16-6-3-4-7-19(16)25(21(17)27)22(28)29-11-10-24-9-5-8-20(24)26/h3-4,6-7,12-13,23H,5,8-11H2,1-2H3. The highest BCUT2D eigenvalue weighted by molar-refractivity contribution is 6.41. The van der Waals surface area contributed by atoms with Crippen molar-refractivity contribution in [2.45, 2.75) is 26.7 Å². The van der Waals surface area contributed by atoms with Crippen molar-refractivity contribution in [2.24, 2.45) is 0 Å². The molecule has 0 atom stereocenters. The van der Waals surface area contributed by atoms with Crippen molar-refractivity contribution in [3.8, 4) is 0 Å². The first kappa shape index (κ1) is 19.0. The molecule has 7 heteroatoms. The number of carbonyl (C=O) groups is 3. The average Bonchev–Trinajstić information content (AvgIpc) is 3.32. The van der Waals surface area contributed by atoms with Crippen LogP contribution >= 0.6 is 0 Å². The van der Waals surface area contributed by atoms with Crippen LogP contribution in [0.25, 0.3) is 11.6 Å². The van der Waals surface area contributed by atoms with Crippen molar-refractivity contribution in [3.63, 3.8) is 0 Å². The molecule has 0 spiro atoms. The number of fused-ring (bicyclic) bond motifs is 1. The zero-order valence-electron chi connectivity index (χ0n) is 16.5. The molecule has 3 amide bonds. The first-order valence-electron chi connectivity index (χ1n) is 9.72. The number of rotatable bonds is 4. The Labute approximate surface area is 168 Å². The second-order valence-electron chi connectivity index (χ2n) is 7.36. The number of para-hydroxylation sites is 1. The van der Waals surface area contributed by atoms with Crippen LogP contribution < -0.4 is 4.90 Å². The third kappa shape index (κ3) is 3.55. The van der Waals surface area contributed by atoms with Gasteiger partial charge in [0.2, 0.25) is 5.91 Å². The van der Waals surface area contributed by atoms with E-state index in [1.807, 2.05) is 32.0 Å². The third-order valence-electron chi connectivity index (χ3n) is 5.29. The fourth-order valence-electron chi connectivity index (χ4n) is 3.85. The first-order valence-corrected chi connectivity index (χ1v) is 9.72. The number of aryl methyl sites for hydroxylation is 2. The van der Waals surface area contributed by atoms with Crippen molar-refractivity contribution < 1.29 is 19.1 Å². The largest absolute Gasteiger partial charge is 0.447 e. The number of ether oxygens (including phenoxy) is 1.